The first-order valence-electron chi connectivity index (χ1n) is 9.08. The van der Waals surface area contributed by atoms with Crippen LogP contribution >= 0.6 is 0 Å². The average Bonchev–Trinajstić information content (AvgIpc) is 2.68. The summed E-state index contributed by atoms with van der Waals surface area (Å²) in [6.07, 6.45) is 0. The molecule has 0 amide bonds. The molecule has 0 saturated heterocycles. The summed E-state index contributed by atoms with van der Waals surface area (Å²) in [5.41, 5.74) is 2.06. The summed E-state index contributed by atoms with van der Waals surface area (Å²) in [6.45, 7) is 6.96. The normalized spacial score (nSPS) is 11.0. The number of ether oxygens (including phenoxy) is 1. The fourth-order valence-electron chi connectivity index (χ4n) is 3.02. The Hall–Kier alpha value is -3.28. The molecule has 0 spiro atoms. The zero-order valence-corrected chi connectivity index (χ0v) is 16.4. The summed E-state index contributed by atoms with van der Waals surface area (Å²) in [4.78, 5) is 37.7. The third-order valence-corrected chi connectivity index (χ3v) is 4.54. The van der Waals surface area contributed by atoms with Gasteiger partial charge in [-0.1, -0.05) is 35.9 Å². The van der Waals surface area contributed by atoms with Gasteiger partial charge in [-0.25, -0.2) is 9.48 Å². The number of hydrogen-bond donors (Lipinski definition) is 0. The molecule has 3 aromatic rings. The van der Waals surface area contributed by atoms with Crippen LogP contribution in [-0.2, 0) is 4.74 Å². The number of rotatable bonds is 5. The first kappa shape index (κ1) is 19.5. The van der Waals surface area contributed by atoms with E-state index in [1.165, 1.54) is 4.68 Å². The number of hydrogen-bond acceptors (Lipinski definition) is 5. The molecular weight excluding hydrogens is 356 g/mol. The van der Waals surface area contributed by atoms with E-state index in [0.29, 0.717) is 16.3 Å². The zero-order valence-electron chi connectivity index (χ0n) is 16.4. The molecule has 0 fully saturated rings. The van der Waals surface area contributed by atoms with Gasteiger partial charge in [0.2, 0.25) is 5.78 Å². The van der Waals surface area contributed by atoms with Gasteiger partial charge in [0.05, 0.1) is 11.4 Å². The molecule has 0 aliphatic heterocycles. The highest BCUT2D eigenvalue weighted by atomic mass is 16.5. The van der Waals surface area contributed by atoms with E-state index in [9.17, 15) is 14.4 Å². The molecule has 1 aromatic heterocycles. The van der Waals surface area contributed by atoms with Crippen molar-refractivity contribution < 1.29 is 14.3 Å². The Morgan fingerprint density at radius 2 is 1.75 bits per heavy atom. The number of carbonyl (C=O) groups is 2. The van der Waals surface area contributed by atoms with Gasteiger partial charge in [-0.2, -0.15) is 5.10 Å². The quantitative estimate of drug-likeness (QED) is 0.500. The first-order chi connectivity index (χ1) is 13.3. The number of aryl methyl sites for hydroxylation is 2. The number of Topliss-reactive ketones (excluding diaryl/α,β-unsaturated/α-hetero) is 1. The number of benzene rings is 2. The molecule has 6 heteroatoms. The number of ketones is 1. The Kier molecular flexibility index (Phi) is 5.40. The van der Waals surface area contributed by atoms with Gasteiger partial charge < -0.3 is 4.74 Å². The minimum absolute atomic E-state index is 0.0256. The monoisotopic (exact) mass is 378 g/mol. The molecule has 0 unspecified atom stereocenters. The number of fused-ring (bicyclic) bond motifs is 1. The SMILES string of the molecule is Cc1ccc(C)c(C(=O)COC(=O)c2nn(C(C)C)c(=O)c3ccccc23)c1. The van der Waals surface area contributed by atoms with E-state index in [1.807, 2.05) is 39.8 Å². The average molecular weight is 378 g/mol. The summed E-state index contributed by atoms with van der Waals surface area (Å²) in [5.74, 6) is -1.01. The van der Waals surface area contributed by atoms with Gasteiger partial charge in [-0.15, -0.1) is 0 Å². The fraction of sp³-hybridized carbons (Fsp3) is 0.273. The van der Waals surface area contributed by atoms with Gasteiger partial charge >= 0.3 is 5.97 Å². The maximum Gasteiger partial charge on any atom is 0.359 e. The van der Waals surface area contributed by atoms with Crippen molar-refractivity contribution in [2.45, 2.75) is 33.7 Å². The minimum atomic E-state index is -0.732. The van der Waals surface area contributed by atoms with Gasteiger partial charge in [0, 0.05) is 10.9 Å². The van der Waals surface area contributed by atoms with Gasteiger partial charge in [-0.3, -0.25) is 9.59 Å². The van der Waals surface area contributed by atoms with E-state index in [-0.39, 0.29) is 29.7 Å². The molecule has 0 aliphatic rings. The molecule has 0 saturated carbocycles. The predicted octanol–water partition coefficient (Wildman–Crippen LogP) is 3.63. The standard InChI is InChI=1S/C22H22N2O4/c1-13(2)24-21(26)17-8-6-5-7-16(17)20(23-24)22(27)28-12-19(25)18-11-14(3)9-10-15(18)4/h5-11,13H,12H2,1-4H3. The molecule has 0 N–H and O–H groups in total. The number of aromatic nitrogens is 2. The van der Waals surface area contributed by atoms with E-state index in [4.69, 9.17) is 4.74 Å². The van der Waals surface area contributed by atoms with Crippen LogP contribution in [0.5, 0.6) is 0 Å². The lowest BCUT2D eigenvalue weighted by molar-refractivity contribution is 0.0468. The van der Waals surface area contributed by atoms with E-state index in [0.717, 1.165) is 11.1 Å². The van der Waals surface area contributed by atoms with Crippen LogP contribution in [0.4, 0.5) is 0 Å². The highest BCUT2D eigenvalue weighted by Gasteiger charge is 2.20. The van der Waals surface area contributed by atoms with Crippen LogP contribution in [0.25, 0.3) is 10.8 Å². The minimum Gasteiger partial charge on any atom is -0.452 e. The van der Waals surface area contributed by atoms with Crippen LogP contribution in [0.2, 0.25) is 0 Å². The van der Waals surface area contributed by atoms with Crippen molar-refractivity contribution in [1.82, 2.24) is 9.78 Å². The van der Waals surface area contributed by atoms with Crippen LogP contribution < -0.4 is 5.56 Å². The summed E-state index contributed by atoms with van der Waals surface area (Å²) < 4.78 is 6.51. The fourth-order valence-corrected chi connectivity index (χ4v) is 3.02. The Morgan fingerprint density at radius 3 is 2.43 bits per heavy atom. The summed E-state index contributed by atoms with van der Waals surface area (Å²) >= 11 is 0. The van der Waals surface area contributed by atoms with Gasteiger partial charge in [0.1, 0.15) is 0 Å². The number of nitrogens with zero attached hydrogens (tertiary/aromatic N) is 2. The van der Waals surface area contributed by atoms with Crippen LogP contribution in [0.15, 0.2) is 47.3 Å². The topological polar surface area (TPSA) is 78.3 Å². The number of carbonyl (C=O) groups excluding carboxylic acids is 2. The summed E-state index contributed by atoms with van der Waals surface area (Å²) in [6, 6.07) is 12.1. The van der Waals surface area contributed by atoms with Gasteiger partial charge in [-0.05, 0) is 45.4 Å². The van der Waals surface area contributed by atoms with Crippen molar-refractivity contribution >= 4 is 22.5 Å². The smallest absolute Gasteiger partial charge is 0.359 e. The Morgan fingerprint density at radius 1 is 1.07 bits per heavy atom. The highest BCUT2D eigenvalue weighted by Crippen LogP contribution is 2.16. The van der Waals surface area contributed by atoms with Crippen LogP contribution in [0.3, 0.4) is 0 Å². The Balaban J connectivity index is 1.92. The lowest BCUT2D eigenvalue weighted by Gasteiger charge is -2.13. The second-order valence-corrected chi connectivity index (χ2v) is 7.06. The molecule has 0 aliphatic carbocycles. The van der Waals surface area contributed by atoms with E-state index < -0.39 is 5.97 Å². The van der Waals surface area contributed by atoms with Crippen molar-refractivity contribution in [3.05, 3.63) is 75.2 Å². The molecule has 0 radical (unpaired) electrons. The number of esters is 1. The maximum atomic E-state index is 12.7. The van der Waals surface area contributed by atoms with E-state index >= 15 is 0 Å². The largest absolute Gasteiger partial charge is 0.452 e. The highest BCUT2D eigenvalue weighted by molar-refractivity contribution is 6.04. The summed E-state index contributed by atoms with van der Waals surface area (Å²) in [5, 5.41) is 5.00. The lowest BCUT2D eigenvalue weighted by atomic mass is 10.0. The lowest BCUT2D eigenvalue weighted by Crippen LogP contribution is -2.28. The van der Waals surface area contributed by atoms with Crippen molar-refractivity contribution in [3.8, 4) is 0 Å². The third-order valence-electron chi connectivity index (χ3n) is 4.54. The second-order valence-electron chi connectivity index (χ2n) is 7.06. The summed E-state index contributed by atoms with van der Waals surface area (Å²) in [7, 11) is 0. The molecule has 28 heavy (non-hydrogen) atoms. The molecule has 0 atom stereocenters. The second kappa shape index (κ2) is 7.76. The molecule has 144 valence electrons. The third kappa shape index (κ3) is 3.71. The van der Waals surface area contributed by atoms with Crippen LogP contribution in [0.1, 0.15) is 51.9 Å². The van der Waals surface area contributed by atoms with Crippen molar-refractivity contribution in [2.75, 3.05) is 6.61 Å². The van der Waals surface area contributed by atoms with Crippen molar-refractivity contribution in [1.29, 1.82) is 0 Å². The Labute approximate surface area is 162 Å². The molecule has 0 bridgehead atoms. The van der Waals surface area contributed by atoms with E-state index in [2.05, 4.69) is 5.10 Å². The van der Waals surface area contributed by atoms with Crippen LogP contribution in [-0.4, -0.2) is 28.1 Å². The first-order valence-corrected chi connectivity index (χ1v) is 9.08. The zero-order chi connectivity index (χ0) is 20.4. The predicted molar refractivity (Wildman–Crippen MR) is 107 cm³/mol. The van der Waals surface area contributed by atoms with Crippen molar-refractivity contribution in [3.63, 3.8) is 0 Å². The maximum absolute atomic E-state index is 12.7. The Bertz CT molecular complexity index is 1130. The van der Waals surface area contributed by atoms with Crippen LogP contribution in [0, 0.1) is 13.8 Å². The molecular formula is C22H22N2O4. The van der Waals surface area contributed by atoms with Crippen molar-refractivity contribution in [2.24, 2.45) is 0 Å². The molecule has 2 aromatic carbocycles. The van der Waals surface area contributed by atoms with E-state index in [1.54, 1.807) is 30.3 Å². The molecule has 6 nitrogen and oxygen atoms in total. The van der Waals surface area contributed by atoms with Gasteiger partial charge in [0.15, 0.2) is 12.3 Å². The van der Waals surface area contributed by atoms with Gasteiger partial charge in [0.25, 0.3) is 5.56 Å². The molecule has 3 rings (SSSR count). The molecule has 1 heterocycles.